The minimum absolute atomic E-state index is 0.494. The maximum Gasteiger partial charge on any atom is 0.133 e. The van der Waals surface area contributed by atoms with Crippen molar-refractivity contribution >= 4 is 5.78 Å². The fourth-order valence-electron chi connectivity index (χ4n) is 2.64. The highest BCUT2D eigenvalue weighted by molar-refractivity contribution is 5.79. The zero-order valence-electron chi connectivity index (χ0n) is 7.68. The number of rotatable bonds is 0. The van der Waals surface area contributed by atoms with Crippen LogP contribution in [0.25, 0.3) is 0 Å². The molecule has 0 saturated heterocycles. The predicted molar refractivity (Wildman–Crippen MR) is 48.8 cm³/mol. The molecule has 0 spiro atoms. The molecular weight excluding hydrogens is 148 g/mol. The monoisotopic (exact) mass is 164 g/mol. The number of ketones is 1. The number of carbonyl (C=O) groups is 1. The Balaban J connectivity index is 2.07. The molecule has 12 heavy (non-hydrogen) atoms. The van der Waals surface area contributed by atoms with Crippen molar-refractivity contribution in [1.82, 2.24) is 0 Å². The van der Waals surface area contributed by atoms with E-state index < -0.39 is 0 Å². The summed E-state index contributed by atoms with van der Waals surface area (Å²) < 4.78 is 0. The van der Waals surface area contributed by atoms with Gasteiger partial charge in [0, 0.05) is 12.8 Å². The molecule has 0 bridgehead atoms. The van der Waals surface area contributed by atoms with Crippen LogP contribution in [-0.2, 0) is 4.79 Å². The van der Waals surface area contributed by atoms with Crippen LogP contribution in [0.1, 0.15) is 39.0 Å². The molecule has 0 aromatic heterocycles. The van der Waals surface area contributed by atoms with Crippen molar-refractivity contribution in [2.45, 2.75) is 39.0 Å². The lowest BCUT2D eigenvalue weighted by molar-refractivity contribution is -0.122. The SMILES string of the molecule is C/C=C1/CC2CCC(=O)CC2C1. The molecule has 0 aromatic carbocycles. The van der Waals surface area contributed by atoms with Gasteiger partial charge in [0.1, 0.15) is 5.78 Å². The van der Waals surface area contributed by atoms with Crippen LogP contribution in [0.2, 0.25) is 0 Å². The fraction of sp³-hybridized carbons (Fsp3) is 0.727. The van der Waals surface area contributed by atoms with Crippen LogP contribution >= 0.6 is 0 Å². The van der Waals surface area contributed by atoms with Crippen molar-refractivity contribution in [3.8, 4) is 0 Å². The quantitative estimate of drug-likeness (QED) is 0.503. The molecular formula is C11H16O. The van der Waals surface area contributed by atoms with Gasteiger partial charge in [-0.2, -0.15) is 0 Å². The van der Waals surface area contributed by atoms with Gasteiger partial charge in [0.15, 0.2) is 0 Å². The summed E-state index contributed by atoms with van der Waals surface area (Å²) >= 11 is 0. The standard InChI is InChI=1S/C11H16O/c1-2-8-5-9-3-4-11(12)7-10(9)6-8/h2,9-10H,3-7H2,1H3/b8-2-. The molecule has 0 N–H and O–H groups in total. The molecule has 2 atom stereocenters. The minimum atomic E-state index is 0.494. The molecule has 2 aliphatic carbocycles. The van der Waals surface area contributed by atoms with Crippen LogP contribution in [0.3, 0.4) is 0 Å². The second-order valence-electron chi connectivity index (χ2n) is 4.16. The average molecular weight is 164 g/mol. The molecule has 66 valence electrons. The topological polar surface area (TPSA) is 17.1 Å². The summed E-state index contributed by atoms with van der Waals surface area (Å²) in [6.45, 7) is 2.12. The van der Waals surface area contributed by atoms with Crippen molar-refractivity contribution in [1.29, 1.82) is 0 Å². The summed E-state index contributed by atoms with van der Waals surface area (Å²) in [6, 6.07) is 0. The molecule has 0 aromatic rings. The van der Waals surface area contributed by atoms with Gasteiger partial charge >= 0.3 is 0 Å². The molecule has 2 fully saturated rings. The van der Waals surface area contributed by atoms with Gasteiger partial charge in [0.2, 0.25) is 0 Å². The van der Waals surface area contributed by atoms with E-state index in [1.165, 1.54) is 12.8 Å². The van der Waals surface area contributed by atoms with Crippen molar-refractivity contribution < 1.29 is 4.79 Å². The summed E-state index contributed by atoms with van der Waals surface area (Å²) in [5, 5.41) is 0. The van der Waals surface area contributed by atoms with E-state index in [-0.39, 0.29) is 0 Å². The normalized spacial score (nSPS) is 38.8. The first-order chi connectivity index (χ1) is 5.79. The van der Waals surface area contributed by atoms with Crippen LogP contribution in [0.15, 0.2) is 11.6 Å². The van der Waals surface area contributed by atoms with Crippen LogP contribution in [0.5, 0.6) is 0 Å². The fourth-order valence-corrected chi connectivity index (χ4v) is 2.64. The predicted octanol–water partition coefficient (Wildman–Crippen LogP) is 2.71. The molecule has 1 nitrogen and oxygen atoms in total. The van der Waals surface area contributed by atoms with E-state index >= 15 is 0 Å². The lowest BCUT2D eigenvalue weighted by Crippen LogP contribution is -2.19. The van der Waals surface area contributed by atoms with E-state index in [1.807, 2.05) is 0 Å². The molecule has 0 aliphatic heterocycles. The van der Waals surface area contributed by atoms with Gasteiger partial charge in [-0.25, -0.2) is 0 Å². The maximum absolute atomic E-state index is 11.2. The van der Waals surface area contributed by atoms with E-state index in [0.717, 1.165) is 25.2 Å². The van der Waals surface area contributed by atoms with Gasteiger partial charge in [0.05, 0.1) is 0 Å². The molecule has 2 aliphatic rings. The van der Waals surface area contributed by atoms with E-state index in [9.17, 15) is 4.79 Å². The Hall–Kier alpha value is -0.590. The Labute approximate surface area is 73.8 Å². The van der Waals surface area contributed by atoms with Gasteiger partial charge < -0.3 is 0 Å². The van der Waals surface area contributed by atoms with E-state index in [4.69, 9.17) is 0 Å². The third-order valence-electron chi connectivity index (χ3n) is 3.41. The van der Waals surface area contributed by atoms with E-state index in [0.29, 0.717) is 11.7 Å². The molecule has 0 radical (unpaired) electrons. The Bertz CT molecular complexity index is 227. The maximum atomic E-state index is 11.2. The lowest BCUT2D eigenvalue weighted by Gasteiger charge is -2.22. The largest absolute Gasteiger partial charge is 0.300 e. The number of Topliss-reactive ketones (excluding diaryl/α,β-unsaturated/α-hetero) is 1. The van der Waals surface area contributed by atoms with Gasteiger partial charge in [0.25, 0.3) is 0 Å². The summed E-state index contributed by atoms with van der Waals surface area (Å²) in [5.41, 5.74) is 1.58. The first-order valence-electron chi connectivity index (χ1n) is 4.95. The van der Waals surface area contributed by atoms with Gasteiger partial charge in [-0.15, -0.1) is 0 Å². The Morgan fingerprint density at radius 1 is 1.25 bits per heavy atom. The van der Waals surface area contributed by atoms with Gasteiger partial charge in [-0.05, 0) is 38.0 Å². The first kappa shape index (κ1) is 8.03. The molecule has 2 rings (SSSR count). The van der Waals surface area contributed by atoms with Crippen LogP contribution < -0.4 is 0 Å². The second-order valence-corrected chi connectivity index (χ2v) is 4.16. The number of hydrogen-bond donors (Lipinski definition) is 0. The van der Waals surface area contributed by atoms with E-state index in [1.54, 1.807) is 5.57 Å². The van der Waals surface area contributed by atoms with Crippen molar-refractivity contribution in [3.05, 3.63) is 11.6 Å². The molecule has 1 heteroatoms. The molecule has 2 unspecified atom stereocenters. The van der Waals surface area contributed by atoms with Gasteiger partial charge in [-0.3, -0.25) is 4.79 Å². The highest BCUT2D eigenvalue weighted by Crippen LogP contribution is 2.43. The smallest absolute Gasteiger partial charge is 0.133 e. The van der Waals surface area contributed by atoms with E-state index in [2.05, 4.69) is 13.0 Å². The van der Waals surface area contributed by atoms with Crippen molar-refractivity contribution in [2.24, 2.45) is 11.8 Å². The highest BCUT2D eigenvalue weighted by Gasteiger charge is 2.34. The average Bonchev–Trinajstić information content (AvgIpc) is 2.46. The summed E-state index contributed by atoms with van der Waals surface area (Å²) in [5.74, 6) is 2.04. The molecule has 0 amide bonds. The lowest BCUT2D eigenvalue weighted by atomic mass is 9.81. The number of fused-ring (bicyclic) bond motifs is 1. The Morgan fingerprint density at radius 3 is 2.75 bits per heavy atom. The third-order valence-corrected chi connectivity index (χ3v) is 3.41. The summed E-state index contributed by atoms with van der Waals surface area (Å²) in [6.07, 6.45) is 7.57. The highest BCUT2D eigenvalue weighted by atomic mass is 16.1. The van der Waals surface area contributed by atoms with Crippen molar-refractivity contribution in [3.63, 3.8) is 0 Å². The third kappa shape index (κ3) is 1.33. The summed E-state index contributed by atoms with van der Waals surface area (Å²) in [7, 11) is 0. The molecule has 2 saturated carbocycles. The zero-order valence-corrected chi connectivity index (χ0v) is 7.68. The van der Waals surface area contributed by atoms with Crippen molar-refractivity contribution in [2.75, 3.05) is 0 Å². The Kier molecular flexibility index (Phi) is 2.03. The Morgan fingerprint density at radius 2 is 2.00 bits per heavy atom. The number of hydrogen-bond acceptors (Lipinski definition) is 1. The molecule has 0 heterocycles. The van der Waals surface area contributed by atoms with Crippen LogP contribution in [0.4, 0.5) is 0 Å². The second kappa shape index (κ2) is 3.04. The van der Waals surface area contributed by atoms with Crippen LogP contribution in [-0.4, -0.2) is 5.78 Å². The zero-order chi connectivity index (χ0) is 8.55. The van der Waals surface area contributed by atoms with Crippen LogP contribution in [0, 0.1) is 11.8 Å². The minimum Gasteiger partial charge on any atom is -0.300 e. The number of allylic oxidation sites excluding steroid dienone is 2. The van der Waals surface area contributed by atoms with Gasteiger partial charge in [-0.1, -0.05) is 11.6 Å². The first-order valence-corrected chi connectivity index (χ1v) is 4.95. The number of carbonyl (C=O) groups excluding carboxylic acids is 1. The summed E-state index contributed by atoms with van der Waals surface area (Å²) in [4.78, 5) is 11.2.